The van der Waals surface area contributed by atoms with Crippen LogP contribution in [-0.4, -0.2) is 65.7 Å². The van der Waals surface area contributed by atoms with Gasteiger partial charge in [0.2, 0.25) is 11.9 Å². The number of carboxylic acids is 2. The number of aliphatic hydroxyl groups is 1. The smallest absolute Gasteiger partial charge is 0.360 e. The second-order valence-corrected chi connectivity index (χ2v) is 11.2. The van der Waals surface area contributed by atoms with E-state index in [9.17, 15) is 29.4 Å². The molecule has 13 heteroatoms. The van der Waals surface area contributed by atoms with Gasteiger partial charge in [0.1, 0.15) is 0 Å². The average molecular weight is 652 g/mol. The molecule has 0 aliphatic heterocycles. The zero-order chi connectivity index (χ0) is 33.1. The van der Waals surface area contributed by atoms with E-state index in [1.165, 1.54) is 47.0 Å². The molecular weight excluding hydrogens is 614 g/mol. The summed E-state index contributed by atoms with van der Waals surface area (Å²) < 4.78 is 7.09. The van der Waals surface area contributed by atoms with Gasteiger partial charge in [-0.1, -0.05) is 54.4 Å². The molecule has 0 amide bonds. The van der Waals surface area contributed by atoms with Crippen molar-refractivity contribution < 1.29 is 44.7 Å². The highest BCUT2D eigenvalue weighted by Crippen LogP contribution is 2.27. The molecule has 0 bridgehead atoms. The molecule has 4 aromatic rings. The number of hydrogen-bond acceptors (Lipinski definition) is 9. The molecule has 0 saturated carbocycles. The number of carboxylic acid groups (broad SMARTS) is 2. The maximum Gasteiger partial charge on any atom is 0.360 e. The van der Waals surface area contributed by atoms with E-state index in [0.717, 1.165) is 35.5 Å². The van der Waals surface area contributed by atoms with Crippen molar-refractivity contribution >= 4 is 41.1 Å². The lowest BCUT2D eigenvalue weighted by Gasteiger charge is -2.30. The molecule has 46 heavy (non-hydrogen) atoms. The first kappa shape index (κ1) is 37.2. The summed E-state index contributed by atoms with van der Waals surface area (Å²) in [6, 6.07) is 19.2. The summed E-state index contributed by atoms with van der Waals surface area (Å²) >= 11 is 1.81. The lowest BCUT2D eigenvalue weighted by molar-refractivity contribution is -0.176. The van der Waals surface area contributed by atoms with Gasteiger partial charge in [0.15, 0.2) is 0 Å². The van der Waals surface area contributed by atoms with Crippen molar-refractivity contribution in [3.8, 4) is 0 Å². The molecule has 0 aliphatic rings. The van der Waals surface area contributed by atoms with Crippen molar-refractivity contribution in [1.82, 2.24) is 9.55 Å². The number of esters is 1. The lowest BCUT2D eigenvalue weighted by atomic mass is 9.86. The first-order chi connectivity index (χ1) is 21.4. The predicted molar refractivity (Wildman–Crippen MR) is 173 cm³/mol. The minimum absolute atomic E-state index is 0. The normalized spacial score (nSPS) is 12.3. The molecule has 0 fully saturated rings. The van der Waals surface area contributed by atoms with Gasteiger partial charge < -0.3 is 35.8 Å². The highest BCUT2D eigenvalue weighted by Gasteiger charge is 2.59. The molecule has 3 aromatic carbocycles. The number of nitrogens with two attached hydrogens (primary N) is 1. The Morgan fingerprint density at radius 3 is 1.96 bits per heavy atom. The van der Waals surface area contributed by atoms with E-state index in [1.807, 2.05) is 36.4 Å². The number of aliphatic carboxylic acids is 2. The summed E-state index contributed by atoms with van der Waals surface area (Å²) in [6.07, 6.45) is 2.16. The van der Waals surface area contributed by atoms with Crippen LogP contribution in [0.3, 0.4) is 0 Å². The van der Waals surface area contributed by atoms with Crippen molar-refractivity contribution in [2.75, 3.05) is 5.73 Å². The van der Waals surface area contributed by atoms with Gasteiger partial charge in [0.05, 0.1) is 11.9 Å². The van der Waals surface area contributed by atoms with Crippen molar-refractivity contribution in [3.63, 3.8) is 0 Å². The summed E-state index contributed by atoms with van der Waals surface area (Å²) in [5.74, 6) is -5.81. The van der Waals surface area contributed by atoms with Gasteiger partial charge in [-0.25, -0.2) is 19.4 Å². The fourth-order valence-electron chi connectivity index (χ4n) is 4.10. The number of carbonyl (C=O) groups excluding carboxylic acids is 2. The number of aromatic nitrogens is 2. The summed E-state index contributed by atoms with van der Waals surface area (Å²) in [5, 5.41) is 28.9. The van der Waals surface area contributed by atoms with Gasteiger partial charge in [0, 0.05) is 40.3 Å². The molecule has 1 aromatic heterocycles. The number of nitrogen functional groups attached to an aromatic ring is 1. The highest BCUT2D eigenvalue weighted by molar-refractivity contribution is 7.98. The molecule has 12 nitrogen and oxygen atoms in total. The van der Waals surface area contributed by atoms with Crippen LogP contribution in [0.25, 0.3) is 0 Å². The van der Waals surface area contributed by atoms with Gasteiger partial charge in [-0.2, -0.15) is 0 Å². The summed E-state index contributed by atoms with van der Waals surface area (Å²) in [5.41, 5.74) is 5.61. The molecule has 2 atom stereocenters. The highest BCUT2D eigenvalue weighted by atomic mass is 32.2. The average Bonchev–Trinajstić information content (AvgIpc) is 3.46. The van der Waals surface area contributed by atoms with Crippen molar-refractivity contribution in [2.24, 2.45) is 0 Å². The zero-order valence-electron chi connectivity index (χ0n) is 25.5. The fraction of sp³-hybridized carbons (Fsp3) is 0.242. The Labute approximate surface area is 270 Å². The van der Waals surface area contributed by atoms with Crippen LogP contribution in [0.1, 0.15) is 50.9 Å². The van der Waals surface area contributed by atoms with E-state index >= 15 is 0 Å². The van der Waals surface area contributed by atoms with Gasteiger partial charge in [0.25, 0.3) is 0 Å². The number of carbonyl (C=O) groups is 4. The molecular formula is C33H37N3O9S. The second-order valence-electron chi connectivity index (χ2n) is 10.2. The number of benzene rings is 3. The first-order valence-electron chi connectivity index (χ1n) is 13.9. The minimum atomic E-state index is -3.36. The van der Waals surface area contributed by atoms with Crippen LogP contribution in [0, 0.1) is 13.8 Å². The number of ether oxygens (including phenoxy) is 1. The number of nitrogens with zero attached hydrogens (tertiary/aromatic N) is 2. The van der Waals surface area contributed by atoms with Gasteiger partial charge >= 0.3 is 23.5 Å². The molecule has 0 saturated heterocycles. The van der Waals surface area contributed by atoms with E-state index in [-0.39, 0.29) is 16.6 Å². The number of hydrogen-bond donors (Lipinski definition) is 4. The molecule has 244 valence electrons. The van der Waals surface area contributed by atoms with Crippen LogP contribution in [0.5, 0.6) is 0 Å². The zero-order valence-corrected chi connectivity index (χ0v) is 26.4. The topological polar surface area (TPSA) is 214 Å². The second kappa shape index (κ2) is 16.9. The van der Waals surface area contributed by atoms with Crippen molar-refractivity contribution in [2.45, 2.75) is 56.1 Å². The lowest BCUT2D eigenvalue weighted by Crippen LogP contribution is -2.61. The largest absolute Gasteiger partial charge is 0.479 e. The number of thioether (sulfide) groups is 1. The van der Waals surface area contributed by atoms with E-state index in [1.54, 1.807) is 26.0 Å². The fourth-order valence-corrected chi connectivity index (χ4v) is 4.99. The van der Waals surface area contributed by atoms with Crippen molar-refractivity contribution in [1.29, 1.82) is 0 Å². The van der Waals surface area contributed by atoms with E-state index < -0.39 is 35.4 Å². The summed E-state index contributed by atoms with van der Waals surface area (Å²) in [7, 11) is 0. The SMILES string of the molecule is CCCn1cncc1CSc1ccc(N)cc1.Cc1ccc(C(=O)O[C@@](C(=O)O)(C(=O)c2ccc(C)cc2)[C@H](O)C(=O)O)cc1.O. The Balaban J connectivity index is 0.000000350. The summed E-state index contributed by atoms with van der Waals surface area (Å²) in [4.78, 5) is 54.1. The third-order valence-corrected chi connectivity index (χ3v) is 7.70. The van der Waals surface area contributed by atoms with Gasteiger partial charge in [-0.05, 0) is 56.7 Å². The number of aryl methyl sites for hydroxylation is 3. The Kier molecular flexibility index (Phi) is 13.7. The Hall–Kier alpha value is -4.98. The third-order valence-electron chi connectivity index (χ3n) is 6.66. The number of aliphatic hydroxyl groups excluding tert-OH is 1. The van der Waals surface area contributed by atoms with Crippen LogP contribution in [0.15, 0.2) is 90.2 Å². The van der Waals surface area contributed by atoms with Crippen LogP contribution < -0.4 is 5.73 Å². The third kappa shape index (κ3) is 9.27. The number of anilines is 1. The molecule has 0 aliphatic carbocycles. The van der Waals surface area contributed by atoms with Crippen molar-refractivity contribution in [3.05, 3.63) is 113 Å². The minimum Gasteiger partial charge on any atom is -0.479 e. The van der Waals surface area contributed by atoms with E-state index in [4.69, 9.17) is 15.6 Å². The molecule has 7 N–H and O–H groups in total. The van der Waals surface area contributed by atoms with Crippen LogP contribution in [-0.2, 0) is 26.6 Å². The van der Waals surface area contributed by atoms with E-state index in [0.29, 0.717) is 0 Å². The quantitative estimate of drug-likeness (QED) is 0.0566. The van der Waals surface area contributed by atoms with Crippen LogP contribution in [0.4, 0.5) is 5.69 Å². The number of rotatable bonds is 12. The monoisotopic (exact) mass is 651 g/mol. The van der Waals surface area contributed by atoms with E-state index in [2.05, 4.69) is 28.6 Å². The molecule has 1 heterocycles. The molecule has 0 radical (unpaired) electrons. The number of imidazole rings is 1. The standard InChI is InChI=1S/C20H18O8.C13H17N3S.H2O/c1-11-3-7-13(8-4-11)15(21)20(19(26)27,16(22)17(23)24)28-18(25)14-9-5-12(2)6-10-14;1-2-7-16-10-15-8-12(16)9-17-13-5-3-11(14)4-6-13;/h3-10,16,22H,1-2H3,(H,23,24)(H,26,27);3-6,8,10H,2,7,9,14H2,1H3;1H2/t16-,20+;;/m1../s1. The molecule has 0 spiro atoms. The Morgan fingerprint density at radius 2 is 1.46 bits per heavy atom. The molecule has 4 rings (SSSR count). The number of Topliss-reactive ketones (excluding diaryl/α,β-unsaturated/α-hetero) is 1. The maximum atomic E-state index is 12.9. The maximum absolute atomic E-state index is 12.9. The Morgan fingerprint density at radius 1 is 0.913 bits per heavy atom. The molecule has 0 unspecified atom stereocenters. The first-order valence-corrected chi connectivity index (χ1v) is 14.9. The van der Waals surface area contributed by atoms with Crippen LogP contribution in [0.2, 0.25) is 0 Å². The Bertz CT molecular complexity index is 1620. The van der Waals surface area contributed by atoms with Gasteiger partial charge in [-0.15, -0.1) is 11.8 Å². The van der Waals surface area contributed by atoms with Gasteiger partial charge in [-0.3, -0.25) is 4.79 Å². The predicted octanol–water partition coefficient (Wildman–Crippen LogP) is 3.95. The number of ketones is 1. The van der Waals surface area contributed by atoms with Crippen LogP contribution >= 0.6 is 11.8 Å². The summed E-state index contributed by atoms with van der Waals surface area (Å²) in [6.45, 7) is 6.70.